The van der Waals surface area contributed by atoms with Gasteiger partial charge in [-0.2, -0.15) is 0 Å². The van der Waals surface area contributed by atoms with Crippen LogP contribution in [0.3, 0.4) is 0 Å². The molecule has 144 valence electrons. The predicted octanol–water partition coefficient (Wildman–Crippen LogP) is 4.10. The first-order valence-corrected chi connectivity index (χ1v) is 9.52. The van der Waals surface area contributed by atoms with E-state index in [4.69, 9.17) is 9.72 Å². The van der Waals surface area contributed by atoms with Gasteiger partial charge in [0.15, 0.2) is 0 Å². The number of ether oxygens (including phenoxy) is 1. The fourth-order valence-electron chi connectivity index (χ4n) is 3.61. The van der Waals surface area contributed by atoms with Crippen LogP contribution in [-0.4, -0.2) is 31.3 Å². The smallest absolute Gasteiger partial charge is 0.319 e. The zero-order chi connectivity index (χ0) is 19.3. The highest BCUT2D eigenvalue weighted by molar-refractivity contribution is 5.92. The van der Waals surface area contributed by atoms with Gasteiger partial charge in [0.1, 0.15) is 5.82 Å². The number of urea groups is 1. The molecule has 3 aromatic rings. The summed E-state index contributed by atoms with van der Waals surface area (Å²) >= 11 is 0. The van der Waals surface area contributed by atoms with E-state index in [1.165, 1.54) is 11.1 Å². The maximum Gasteiger partial charge on any atom is 0.319 e. The van der Waals surface area contributed by atoms with Crippen LogP contribution in [0, 0.1) is 0 Å². The SMILES string of the molecule is COCCNC(=O)Nc1ccc2nc(N[C@@H]3CCc4ccccc43)ccc2c1. The van der Waals surface area contributed by atoms with Crippen molar-refractivity contribution in [3.05, 3.63) is 65.7 Å². The standard InChI is InChI=1S/C22H24N4O2/c1-28-13-12-23-22(27)24-17-8-10-19-16(14-17)7-11-21(25-19)26-20-9-6-15-4-2-3-5-18(15)20/h2-5,7-8,10-11,14,20H,6,9,12-13H2,1H3,(H,25,26)(H2,23,24,27)/t20-/m1/s1. The van der Waals surface area contributed by atoms with E-state index in [1.54, 1.807) is 7.11 Å². The Kier molecular flexibility index (Phi) is 5.39. The number of nitrogens with zero attached hydrogens (tertiary/aromatic N) is 1. The molecule has 0 bridgehead atoms. The number of benzene rings is 2. The summed E-state index contributed by atoms with van der Waals surface area (Å²) in [5, 5.41) is 10.1. The number of rotatable bonds is 6. The largest absolute Gasteiger partial charge is 0.383 e. The lowest BCUT2D eigenvalue weighted by Gasteiger charge is -2.15. The monoisotopic (exact) mass is 376 g/mol. The molecule has 2 aromatic carbocycles. The second kappa shape index (κ2) is 8.27. The molecule has 1 atom stereocenters. The predicted molar refractivity (Wildman–Crippen MR) is 112 cm³/mol. The number of fused-ring (bicyclic) bond motifs is 2. The van der Waals surface area contributed by atoms with Gasteiger partial charge in [0.05, 0.1) is 18.2 Å². The van der Waals surface area contributed by atoms with Gasteiger partial charge in [-0.3, -0.25) is 0 Å². The molecule has 0 aliphatic heterocycles. The molecule has 1 heterocycles. The molecular formula is C22H24N4O2. The Hall–Kier alpha value is -3.12. The van der Waals surface area contributed by atoms with E-state index < -0.39 is 0 Å². The molecule has 6 nitrogen and oxygen atoms in total. The molecular weight excluding hydrogens is 352 g/mol. The first-order valence-electron chi connectivity index (χ1n) is 9.52. The van der Waals surface area contributed by atoms with Crippen LogP contribution in [0.1, 0.15) is 23.6 Å². The number of carbonyl (C=O) groups excluding carboxylic acids is 1. The van der Waals surface area contributed by atoms with E-state index in [0.717, 1.165) is 35.2 Å². The molecule has 28 heavy (non-hydrogen) atoms. The Morgan fingerprint density at radius 2 is 2.07 bits per heavy atom. The highest BCUT2D eigenvalue weighted by Gasteiger charge is 2.21. The van der Waals surface area contributed by atoms with Crippen molar-refractivity contribution >= 4 is 28.4 Å². The van der Waals surface area contributed by atoms with Crippen molar-refractivity contribution in [3.63, 3.8) is 0 Å². The third kappa shape index (κ3) is 4.07. The first kappa shape index (κ1) is 18.3. The summed E-state index contributed by atoms with van der Waals surface area (Å²) < 4.78 is 4.92. The van der Waals surface area contributed by atoms with Gasteiger partial charge in [-0.05, 0) is 54.3 Å². The number of aryl methyl sites for hydroxylation is 1. The van der Waals surface area contributed by atoms with Crippen LogP contribution in [0.25, 0.3) is 10.9 Å². The van der Waals surface area contributed by atoms with Crippen molar-refractivity contribution < 1.29 is 9.53 Å². The summed E-state index contributed by atoms with van der Waals surface area (Å²) in [5.74, 6) is 0.868. The van der Waals surface area contributed by atoms with Crippen LogP contribution in [-0.2, 0) is 11.2 Å². The number of hydrogen-bond donors (Lipinski definition) is 3. The first-order chi connectivity index (χ1) is 13.7. The number of hydrogen-bond acceptors (Lipinski definition) is 4. The topological polar surface area (TPSA) is 75.3 Å². The highest BCUT2D eigenvalue weighted by Crippen LogP contribution is 2.33. The van der Waals surface area contributed by atoms with E-state index in [9.17, 15) is 4.79 Å². The molecule has 3 N–H and O–H groups in total. The summed E-state index contributed by atoms with van der Waals surface area (Å²) in [5.41, 5.74) is 4.40. The lowest BCUT2D eigenvalue weighted by Crippen LogP contribution is -2.31. The molecule has 0 saturated heterocycles. The zero-order valence-electron chi connectivity index (χ0n) is 15.9. The summed E-state index contributed by atoms with van der Waals surface area (Å²) in [6.07, 6.45) is 2.18. The van der Waals surface area contributed by atoms with E-state index in [2.05, 4.69) is 40.2 Å². The molecule has 1 aromatic heterocycles. The second-order valence-electron chi connectivity index (χ2n) is 6.91. The maximum absolute atomic E-state index is 11.9. The van der Waals surface area contributed by atoms with Crippen LogP contribution < -0.4 is 16.0 Å². The van der Waals surface area contributed by atoms with Crippen LogP contribution in [0.2, 0.25) is 0 Å². The van der Waals surface area contributed by atoms with Crippen molar-refractivity contribution in [1.29, 1.82) is 0 Å². The number of amides is 2. The lowest BCUT2D eigenvalue weighted by atomic mass is 10.1. The van der Waals surface area contributed by atoms with E-state index in [1.807, 2.05) is 30.3 Å². The fourth-order valence-corrected chi connectivity index (χ4v) is 3.61. The van der Waals surface area contributed by atoms with Gasteiger partial charge in [0, 0.05) is 24.7 Å². The average Bonchev–Trinajstić information content (AvgIpc) is 3.11. The van der Waals surface area contributed by atoms with Crippen LogP contribution in [0.15, 0.2) is 54.6 Å². The normalized spacial score (nSPS) is 15.2. The van der Waals surface area contributed by atoms with Crippen molar-refractivity contribution in [1.82, 2.24) is 10.3 Å². The zero-order valence-corrected chi connectivity index (χ0v) is 15.9. The molecule has 0 saturated carbocycles. The van der Waals surface area contributed by atoms with Gasteiger partial charge in [0.2, 0.25) is 0 Å². The van der Waals surface area contributed by atoms with Gasteiger partial charge in [-0.1, -0.05) is 24.3 Å². The van der Waals surface area contributed by atoms with Crippen molar-refractivity contribution in [2.24, 2.45) is 0 Å². The Bertz CT molecular complexity index is 989. The average molecular weight is 376 g/mol. The Morgan fingerprint density at radius 1 is 1.18 bits per heavy atom. The molecule has 4 rings (SSSR count). The molecule has 0 unspecified atom stereocenters. The molecule has 1 aliphatic carbocycles. The highest BCUT2D eigenvalue weighted by atomic mass is 16.5. The minimum absolute atomic E-state index is 0.248. The number of pyridine rings is 1. The van der Waals surface area contributed by atoms with E-state index in [-0.39, 0.29) is 6.03 Å². The minimum Gasteiger partial charge on any atom is -0.383 e. The Morgan fingerprint density at radius 3 is 2.96 bits per heavy atom. The van der Waals surface area contributed by atoms with Gasteiger partial charge < -0.3 is 20.7 Å². The maximum atomic E-state index is 11.9. The molecule has 1 aliphatic rings. The van der Waals surface area contributed by atoms with E-state index in [0.29, 0.717) is 19.2 Å². The third-order valence-electron chi connectivity index (χ3n) is 4.99. The van der Waals surface area contributed by atoms with Crippen LogP contribution in [0.5, 0.6) is 0 Å². The van der Waals surface area contributed by atoms with Crippen molar-refractivity contribution in [2.75, 3.05) is 30.9 Å². The molecule has 2 amide bonds. The lowest BCUT2D eigenvalue weighted by molar-refractivity contribution is 0.198. The summed E-state index contributed by atoms with van der Waals surface area (Å²) in [6, 6.07) is 18.4. The van der Waals surface area contributed by atoms with Gasteiger partial charge >= 0.3 is 6.03 Å². The second-order valence-corrected chi connectivity index (χ2v) is 6.91. The summed E-state index contributed by atoms with van der Waals surface area (Å²) in [7, 11) is 1.60. The number of methoxy groups -OCH3 is 1. The number of aromatic nitrogens is 1. The third-order valence-corrected chi connectivity index (χ3v) is 4.99. The Balaban J connectivity index is 1.44. The van der Waals surface area contributed by atoms with Crippen LogP contribution in [0.4, 0.5) is 16.3 Å². The number of nitrogens with one attached hydrogen (secondary N) is 3. The molecule has 0 fully saturated rings. The molecule has 0 spiro atoms. The van der Waals surface area contributed by atoms with E-state index >= 15 is 0 Å². The minimum atomic E-state index is -0.248. The van der Waals surface area contributed by atoms with Crippen molar-refractivity contribution in [2.45, 2.75) is 18.9 Å². The van der Waals surface area contributed by atoms with Gasteiger partial charge in [-0.25, -0.2) is 9.78 Å². The number of anilines is 2. The molecule has 0 radical (unpaired) electrons. The fraction of sp³-hybridized carbons (Fsp3) is 0.273. The number of carbonyl (C=O) groups is 1. The van der Waals surface area contributed by atoms with Gasteiger partial charge in [-0.15, -0.1) is 0 Å². The van der Waals surface area contributed by atoms with Crippen LogP contribution >= 0.6 is 0 Å². The summed E-state index contributed by atoms with van der Waals surface area (Å²) in [6.45, 7) is 0.951. The van der Waals surface area contributed by atoms with Gasteiger partial charge in [0.25, 0.3) is 0 Å². The molecule has 6 heteroatoms. The summed E-state index contributed by atoms with van der Waals surface area (Å²) in [4.78, 5) is 16.6. The Labute approximate surface area is 164 Å². The quantitative estimate of drug-likeness (QED) is 0.566. The van der Waals surface area contributed by atoms with Crippen molar-refractivity contribution in [3.8, 4) is 0 Å².